The van der Waals surface area contributed by atoms with Crippen molar-refractivity contribution in [1.82, 2.24) is 4.98 Å². The summed E-state index contributed by atoms with van der Waals surface area (Å²) in [6.45, 7) is 0.250. The van der Waals surface area contributed by atoms with E-state index in [9.17, 15) is 4.79 Å². The van der Waals surface area contributed by atoms with E-state index in [4.69, 9.17) is 14.1 Å². The summed E-state index contributed by atoms with van der Waals surface area (Å²) in [5.74, 6) is 0.485. The van der Waals surface area contributed by atoms with E-state index in [0.29, 0.717) is 5.56 Å². The number of esters is 1. The van der Waals surface area contributed by atoms with Crippen molar-refractivity contribution in [3.63, 3.8) is 0 Å². The third-order valence-electron chi connectivity index (χ3n) is 5.22. The predicted octanol–water partition coefficient (Wildman–Crippen LogP) is 5.67. The molecule has 142 valence electrons. The average Bonchev–Trinajstić information content (AvgIpc) is 3.42. The molecule has 2 aromatic heterocycles. The zero-order chi connectivity index (χ0) is 19.6. The third-order valence-corrected chi connectivity index (χ3v) is 5.22. The number of benzene rings is 2. The minimum atomic E-state index is -0.303. The van der Waals surface area contributed by atoms with Gasteiger partial charge >= 0.3 is 5.97 Å². The second-order valence-corrected chi connectivity index (χ2v) is 7.08. The van der Waals surface area contributed by atoms with Gasteiger partial charge in [0.05, 0.1) is 23.0 Å². The predicted molar refractivity (Wildman–Crippen MR) is 112 cm³/mol. The van der Waals surface area contributed by atoms with Crippen LogP contribution in [0.25, 0.3) is 22.6 Å². The fourth-order valence-corrected chi connectivity index (χ4v) is 3.85. The molecule has 0 atom stereocenters. The number of hydrogen-bond acceptors (Lipinski definition) is 4. The summed E-state index contributed by atoms with van der Waals surface area (Å²) >= 11 is 0. The number of carbonyl (C=O) groups is 1. The number of ether oxygens (including phenoxy) is 1. The van der Waals surface area contributed by atoms with Gasteiger partial charge in [-0.25, -0.2) is 9.78 Å². The molecule has 0 aliphatic heterocycles. The van der Waals surface area contributed by atoms with E-state index in [-0.39, 0.29) is 12.6 Å². The van der Waals surface area contributed by atoms with Crippen LogP contribution in [0.3, 0.4) is 0 Å². The molecule has 4 nitrogen and oxygen atoms in total. The van der Waals surface area contributed by atoms with Gasteiger partial charge < -0.3 is 9.15 Å². The van der Waals surface area contributed by atoms with Crippen molar-refractivity contribution >= 4 is 28.5 Å². The molecule has 0 bridgehead atoms. The van der Waals surface area contributed by atoms with Gasteiger partial charge in [0.2, 0.25) is 0 Å². The van der Waals surface area contributed by atoms with Crippen LogP contribution in [0.4, 0.5) is 0 Å². The van der Waals surface area contributed by atoms with Crippen molar-refractivity contribution < 1.29 is 13.9 Å². The van der Waals surface area contributed by atoms with Crippen LogP contribution in [0.1, 0.15) is 39.4 Å². The summed E-state index contributed by atoms with van der Waals surface area (Å²) in [6.07, 6.45) is 5.24. The molecule has 0 amide bonds. The van der Waals surface area contributed by atoms with Crippen LogP contribution in [-0.2, 0) is 17.8 Å². The number of allylic oxidation sites excluding steroid dienone is 1. The highest BCUT2D eigenvalue weighted by atomic mass is 16.5. The highest BCUT2D eigenvalue weighted by molar-refractivity contribution is 6.07. The Morgan fingerprint density at radius 1 is 1.00 bits per heavy atom. The number of hydrogen-bond donors (Lipinski definition) is 0. The van der Waals surface area contributed by atoms with Gasteiger partial charge in [-0.3, -0.25) is 0 Å². The molecule has 0 saturated heterocycles. The van der Waals surface area contributed by atoms with Gasteiger partial charge in [-0.05, 0) is 53.8 Å². The van der Waals surface area contributed by atoms with Crippen molar-refractivity contribution in [2.24, 2.45) is 0 Å². The molecule has 0 unspecified atom stereocenters. The number of para-hydroxylation sites is 1. The van der Waals surface area contributed by atoms with Crippen LogP contribution < -0.4 is 0 Å². The minimum absolute atomic E-state index is 0.250. The van der Waals surface area contributed by atoms with Gasteiger partial charge in [-0.1, -0.05) is 48.5 Å². The van der Waals surface area contributed by atoms with E-state index < -0.39 is 0 Å². The van der Waals surface area contributed by atoms with E-state index >= 15 is 0 Å². The molecule has 2 heterocycles. The van der Waals surface area contributed by atoms with Crippen molar-refractivity contribution in [3.05, 3.63) is 101 Å². The molecule has 29 heavy (non-hydrogen) atoms. The maximum Gasteiger partial charge on any atom is 0.339 e. The first-order valence-corrected chi connectivity index (χ1v) is 9.67. The summed E-state index contributed by atoms with van der Waals surface area (Å²) in [4.78, 5) is 18.0. The van der Waals surface area contributed by atoms with Crippen molar-refractivity contribution in [3.8, 4) is 0 Å². The Morgan fingerprint density at radius 2 is 1.83 bits per heavy atom. The van der Waals surface area contributed by atoms with Gasteiger partial charge in [-0.15, -0.1) is 0 Å². The SMILES string of the molecule is O=C(OCc1ccccc1)c1c2c(nc3ccccc13)C(=Cc1ccco1)CC2. The monoisotopic (exact) mass is 381 g/mol. The molecular formula is C25H19NO3. The Hall–Kier alpha value is -3.66. The second-order valence-electron chi connectivity index (χ2n) is 7.08. The van der Waals surface area contributed by atoms with Crippen LogP contribution in [0.2, 0.25) is 0 Å². The standard InChI is InChI=1S/C25H19NO3/c27-25(29-16-17-7-2-1-3-8-17)23-20-10-4-5-11-22(20)26-24-18(12-13-21(23)24)15-19-9-6-14-28-19/h1-11,14-15H,12-13,16H2. The van der Waals surface area contributed by atoms with Gasteiger partial charge in [-0.2, -0.15) is 0 Å². The summed E-state index contributed by atoms with van der Waals surface area (Å²) in [5.41, 5.74) is 5.30. The van der Waals surface area contributed by atoms with Crippen LogP contribution >= 0.6 is 0 Å². The molecule has 0 spiro atoms. The molecule has 2 aromatic carbocycles. The minimum Gasteiger partial charge on any atom is -0.465 e. The number of carbonyl (C=O) groups excluding carboxylic acids is 1. The first-order chi connectivity index (χ1) is 14.3. The molecule has 0 radical (unpaired) electrons. The first-order valence-electron chi connectivity index (χ1n) is 9.67. The summed E-state index contributed by atoms with van der Waals surface area (Å²) in [6, 6.07) is 21.2. The Kier molecular flexibility index (Phi) is 4.45. The highest BCUT2D eigenvalue weighted by Gasteiger charge is 2.27. The third kappa shape index (κ3) is 3.34. The zero-order valence-electron chi connectivity index (χ0n) is 15.8. The number of fused-ring (bicyclic) bond motifs is 2. The number of aromatic nitrogens is 1. The van der Waals surface area contributed by atoms with Crippen molar-refractivity contribution in [2.75, 3.05) is 0 Å². The van der Waals surface area contributed by atoms with E-state index in [0.717, 1.165) is 51.9 Å². The number of rotatable bonds is 4. The topological polar surface area (TPSA) is 52.3 Å². The molecule has 4 aromatic rings. The lowest BCUT2D eigenvalue weighted by atomic mass is 10.0. The number of nitrogens with zero attached hydrogens (tertiary/aromatic N) is 1. The van der Waals surface area contributed by atoms with Gasteiger partial charge in [0.15, 0.2) is 0 Å². The number of pyridine rings is 1. The lowest BCUT2D eigenvalue weighted by Crippen LogP contribution is -2.10. The van der Waals surface area contributed by atoms with E-state index in [1.807, 2.05) is 72.8 Å². The van der Waals surface area contributed by atoms with Crippen LogP contribution in [-0.4, -0.2) is 11.0 Å². The number of furan rings is 1. The van der Waals surface area contributed by atoms with Gasteiger partial charge in [0, 0.05) is 5.39 Å². The fourth-order valence-electron chi connectivity index (χ4n) is 3.85. The normalized spacial score (nSPS) is 14.3. The van der Waals surface area contributed by atoms with Gasteiger partial charge in [0.25, 0.3) is 0 Å². The second kappa shape index (κ2) is 7.40. The Balaban J connectivity index is 1.57. The lowest BCUT2D eigenvalue weighted by Gasteiger charge is -2.12. The van der Waals surface area contributed by atoms with Crippen LogP contribution in [0.5, 0.6) is 0 Å². The molecular weight excluding hydrogens is 362 g/mol. The van der Waals surface area contributed by atoms with E-state index in [1.54, 1.807) is 6.26 Å². The first kappa shape index (κ1) is 17.4. The van der Waals surface area contributed by atoms with Crippen LogP contribution in [0.15, 0.2) is 77.4 Å². The quantitative estimate of drug-likeness (QED) is 0.427. The summed E-state index contributed by atoms with van der Waals surface area (Å²) in [7, 11) is 0. The maximum absolute atomic E-state index is 13.1. The summed E-state index contributed by atoms with van der Waals surface area (Å²) in [5, 5.41) is 0.837. The molecule has 5 rings (SSSR count). The largest absolute Gasteiger partial charge is 0.465 e. The Morgan fingerprint density at radius 3 is 2.66 bits per heavy atom. The molecule has 0 fully saturated rings. The highest BCUT2D eigenvalue weighted by Crippen LogP contribution is 2.37. The molecule has 1 aliphatic carbocycles. The fraction of sp³-hybridized carbons (Fsp3) is 0.120. The van der Waals surface area contributed by atoms with Crippen molar-refractivity contribution in [2.45, 2.75) is 19.4 Å². The Bertz CT molecular complexity index is 1210. The molecule has 1 aliphatic rings. The molecule has 0 N–H and O–H groups in total. The zero-order valence-corrected chi connectivity index (χ0v) is 15.8. The van der Waals surface area contributed by atoms with E-state index in [1.165, 1.54) is 0 Å². The Labute approximate surface area is 168 Å². The smallest absolute Gasteiger partial charge is 0.339 e. The lowest BCUT2D eigenvalue weighted by molar-refractivity contribution is 0.0474. The maximum atomic E-state index is 13.1. The van der Waals surface area contributed by atoms with E-state index in [2.05, 4.69) is 0 Å². The summed E-state index contributed by atoms with van der Waals surface area (Å²) < 4.78 is 11.2. The van der Waals surface area contributed by atoms with Crippen LogP contribution in [0, 0.1) is 0 Å². The molecule has 4 heteroatoms. The molecule has 0 saturated carbocycles. The van der Waals surface area contributed by atoms with Gasteiger partial charge in [0.1, 0.15) is 12.4 Å². The van der Waals surface area contributed by atoms with Crippen molar-refractivity contribution in [1.29, 1.82) is 0 Å². The average molecular weight is 381 g/mol.